The summed E-state index contributed by atoms with van der Waals surface area (Å²) >= 11 is 0. The zero-order valence-corrected chi connectivity index (χ0v) is 10.1. The Bertz CT molecular complexity index is 479. The van der Waals surface area contributed by atoms with E-state index in [1.165, 1.54) is 0 Å². The molecule has 1 unspecified atom stereocenters. The van der Waals surface area contributed by atoms with Gasteiger partial charge in [0.15, 0.2) is 0 Å². The number of nitrogens with two attached hydrogens (primary N) is 1. The molecular weight excluding hydrogens is 281 g/mol. The van der Waals surface area contributed by atoms with Gasteiger partial charge in [-0.3, -0.25) is 4.79 Å². The lowest BCUT2D eigenvalue weighted by atomic mass is 10.1. The Balaban J connectivity index is 2.97. The second kappa shape index (κ2) is 6.44. The molecule has 0 aliphatic rings. The van der Waals surface area contributed by atoms with Crippen molar-refractivity contribution in [2.24, 2.45) is 5.73 Å². The van der Waals surface area contributed by atoms with Gasteiger partial charge < -0.3 is 26.0 Å². The number of aliphatic hydroxyl groups excluding tert-OH is 2. The average molecular weight is 294 g/mol. The first-order valence-corrected chi connectivity index (χ1v) is 5.45. The van der Waals surface area contributed by atoms with Crippen molar-refractivity contribution in [2.45, 2.75) is 12.5 Å². The molecule has 0 spiro atoms. The Morgan fingerprint density at radius 3 is 2.60 bits per heavy atom. The Morgan fingerprint density at radius 1 is 1.45 bits per heavy atom. The predicted molar refractivity (Wildman–Crippen MR) is 63.2 cm³/mol. The van der Waals surface area contributed by atoms with Gasteiger partial charge in [-0.05, 0) is 12.1 Å². The zero-order valence-electron chi connectivity index (χ0n) is 10.1. The fourth-order valence-electron chi connectivity index (χ4n) is 1.37. The number of aliphatic hydroxyl groups is 2. The number of carbonyl (C=O) groups is 1. The highest BCUT2D eigenvalue weighted by molar-refractivity contribution is 5.98. The minimum atomic E-state index is -4.86. The van der Waals surface area contributed by atoms with E-state index in [2.05, 4.69) is 10.1 Å². The molecule has 0 saturated heterocycles. The average Bonchev–Trinajstić information content (AvgIpc) is 2.33. The number of primary amides is 1. The first-order chi connectivity index (χ1) is 9.23. The van der Waals surface area contributed by atoms with E-state index in [4.69, 9.17) is 15.9 Å². The van der Waals surface area contributed by atoms with E-state index >= 15 is 0 Å². The molecule has 0 bridgehead atoms. The lowest BCUT2D eigenvalue weighted by molar-refractivity contribution is -0.274. The van der Waals surface area contributed by atoms with Crippen LogP contribution in [0.1, 0.15) is 10.4 Å². The number of rotatable bonds is 6. The SMILES string of the molecule is NC(=O)c1ccc(OC(F)(F)F)cc1NCC(O)CO. The minimum Gasteiger partial charge on any atom is -0.406 e. The molecule has 1 atom stereocenters. The first kappa shape index (κ1) is 16.1. The van der Waals surface area contributed by atoms with Crippen LogP contribution in [0.5, 0.6) is 5.75 Å². The van der Waals surface area contributed by atoms with E-state index in [1.807, 2.05) is 0 Å². The van der Waals surface area contributed by atoms with Gasteiger partial charge in [0.05, 0.1) is 24.0 Å². The van der Waals surface area contributed by atoms with E-state index < -0.39 is 30.7 Å². The van der Waals surface area contributed by atoms with Crippen LogP contribution in [0.15, 0.2) is 18.2 Å². The van der Waals surface area contributed by atoms with Crippen molar-refractivity contribution in [2.75, 3.05) is 18.5 Å². The number of hydrogen-bond acceptors (Lipinski definition) is 5. The van der Waals surface area contributed by atoms with E-state index in [9.17, 15) is 18.0 Å². The maximum Gasteiger partial charge on any atom is 0.573 e. The topological polar surface area (TPSA) is 105 Å². The third kappa shape index (κ3) is 4.94. The molecule has 6 nitrogen and oxygen atoms in total. The van der Waals surface area contributed by atoms with Crippen molar-refractivity contribution in [3.63, 3.8) is 0 Å². The molecule has 0 fully saturated rings. The van der Waals surface area contributed by atoms with Crippen molar-refractivity contribution in [3.05, 3.63) is 23.8 Å². The summed E-state index contributed by atoms with van der Waals surface area (Å²) in [4.78, 5) is 11.1. The third-order valence-corrected chi connectivity index (χ3v) is 2.23. The summed E-state index contributed by atoms with van der Waals surface area (Å²) < 4.78 is 40.0. The van der Waals surface area contributed by atoms with Gasteiger partial charge in [-0.15, -0.1) is 13.2 Å². The minimum absolute atomic E-state index is 0.0354. The first-order valence-electron chi connectivity index (χ1n) is 5.45. The van der Waals surface area contributed by atoms with Crippen molar-refractivity contribution >= 4 is 11.6 Å². The third-order valence-electron chi connectivity index (χ3n) is 2.23. The quantitative estimate of drug-likeness (QED) is 0.609. The molecule has 1 aromatic carbocycles. The highest BCUT2D eigenvalue weighted by Gasteiger charge is 2.31. The zero-order chi connectivity index (χ0) is 15.3. The van der Waals surface area contributed by atoms with E-state index in [1.54, 1.807) is 0 Å². The van der Waals surface area contributed by atoms with Gasteiger partial charge >= 0.3 is 6.36 Å². The van der Waals surface area contributed by atoms with E-state index in [0.29, 0.717) is 0 Å². The molecule has 1 rings (SSSR count). The number of hydrogen-bond donors (Lipinski definition) is 4. The van der Waals surface area contributed by atoms with Gasteiger partial charge in [-0.1, -0.05) is 0 Å². The number of carbonyl (C=O) groups excluding carboxylic acids is 1. The van der Waals surface area contributed by atoms with E-state index in [-0.39, 0.29) is 17.8 Å². The summed E-state index contributed by atoms with van der Waals surface area (Å²) in [6.45, 7) is -0.718. The lowest BCUT2D eigenvalue weighted by Gasteiger charge is -2.15. The maximum absolute atomic E-state index is 12.1. The molecular formula is C11H13F3N2O4. The van der Waals surface area contributed by atoms with Gasteiger partial charge in [0.1, 0.15) is 5.75 Å². The number of halogens is 3. The molecule has 9 heteroatoms. The van der Waals surface area contributed by atoms with Crippen LogP contribution in [0, 0.1) is 0 Å². The van der Waals surface area contributed by atoms with Crippen LogP contribution in [0.25, 0.3) is 0 Å². The maximum atomic E-state index is 12.1. The lowest BCUT2D eigenvalue weighted by Crippen LogP contribution is -2.25. The highest BCUT2D eigenvalue weighted by atomic mass is 19.4. The van der Waals surface area contributed by atoms with Crippen LogP contribution in [0.3, 0.4) is 0 Å². The Kier molecular flexibility index (Phi) is 5.17. The molecule has 0 aliphatic carbocycles. The molecule has 0 saturated carbocycles. The second-order valence-electron chi connectivity index (χ2n) is 3.84. The summed E-state index contributed by atoms with van der Waals surface area (Å²) in [7, 11) is 0. The van der Waals surface area contributed by atoms with Gasteiger partial charge in [0.25, 0.3) is 5.91 Å². The van der Waals surface area contributed by atoms with Crippen molar-refractivity contribution in [3.8, 4) is 5.75 Å². The summed E-state index contributed by atoms with van der Waals surface area (Å²) in [5, 5.41) is 20.3. The van der Waals surface area contributed by atoms with Gasteiger partial charge in [0, 0.05) is 12.6 Å². The number of amides is 1. The number of ether oxygens (including phenoxy) is 1. The number of alkyl halides is 3. The molecule has 0 radical (unpaired) electrons. The Labute approximate surface area is 112 Å². The largest absolute Gasteiger partial charge is 0.573 e. The summed E-state index contributed by atoms with van der Waals surface area (Å²) in [6, 6.07) is 2.94. The van der Waals surface area contributed by atoms with Crippen LogP contribution >= 0.6 is 0 Å². The molecule has 1 aromatic rings. The van der Waals surface area contributed by atoms with Crippen molar-refractivity contribution in [1.29, 1.82) is 0 Å². The Hall–Kier alpha value is -2.00. The summed E-state index contributed by atoms with van der Waals surface area (Å²) in [6.07, 6.45) is -6.00. The fourth-order valence-corrected chi connectivity index (χ4v) is 1.37. The molecule has 20 heavy (non-hydrogen) atoms. The smallest absolute Gasteiger partial charge is 0.406 e. The van der Waals surface area contributed by atoms with Gasteiger partial charge in [-0.25, -0.2) is 0 Å². The molecule has 0 aromatic heterocycles. The molecule has 5 N–H and O–H groups in total. The van der Waals surface area contributed by atoms with Crippen LogP contribution in [0.2, 0.25) is 0 Å². The van der Waals surface area contributed by atoms with Gasteiger partial charge in [0.2, 0.25) is 0 Å². The fraction of sp³-hybridized carbons (Fsp3) is 0.364. The van der Waals surface area contributed by atoms with Crippen LogP contribution in [0.4, 0.5) is 18.9 Å². The molecule has 1 amide bonds. The molecule has 112 valence electrons. The van der Waals surface area contributed by atoms with E-state index in [0.717, 1.165) is 18.2 Å². The van der Waals surface area contributed by atoms with Crippen molar-refractivity contribution in [1.82, 2.24) is 0 Å². The number of nitrogens with one attached hydrogen (secondary N) is 1. The standard InChI is InChI=1S/C11H13F3N2O4/c12-11(13,14)20-7-1-2-8(10(15)19)9(3-7)16-4-6(18)5-17/h1-3,6,16-18H,4-5H2,(H2,15,19). The summed E-state index contributed by atoms with van der Waals surface area (Å²) in [5.74, 6) is -1.40. The second-order valence-corrected chi connectivity index (χ2v) is 3.84. The van der Waals surface area contributed by atoms with Gasteiger partial charge in [-0.2, -0.15) is 0 Å². The monoisotopic (exact) mass is 294 g/mol. The normalized spacial score (nSPS) is 12.8. The van der Waals surface area contributed by atoms with Crippen LogP contribution in [-0.4, -0.2) is 41.7 Å². The Morgan fingerprint density at radius 2 is 2.10 bits per heavy atom. The number of anilines is 1. The summed E-state index contributed by atoms with van der Waals surface area (Å²) in [5.41, 5.74) is 4.98. The van der Waals surface area contributed by atoms with Crippen LogP contribution in [-0.2, 0) is 0 Å². The number of benzene rings is 1. The van der Waals surface area contributed by atoms with Crippen LogP contribution < -0.4 is 15.8 Å². The highest BCUT2D eigenvalue weighted by Crippen LogP contribution is 2.27. The van der Waals surface area contributed by atoms with Crippen molar-refractivity contribution < 1.29 is 32.9 Å². The molecule has 0 aliphatic heterocycles. The predicted octanol–water partition coefficient (Wildman–Crippen LogP) is 0.449. The molecule has 0 heterocycles.